The van der Waals surface area contributed by atoms with E-state index < -0.39 is 23.9 Å². The van der Waals surface area contributed by atoms with Crippen molar-refractivity contribution in [1.29, 1.82) is 0 Å². The average molecular weight is 551 g/mol. The van der Waals surface area contributed by atoms with Gasteiger partial charge in [-0.25, -0.2) is 14.0 Å². The highest BCUT2D eigenvalue weighted by atomic mass is 19.1. The molecular formula is C30H35FN4O5. The molecule has 1 N–H and O–H groups in total. The van der Waals surface area contributed by atoms with E-state index in [9.17, 15) is 18.8 Å². The van der Waals surface area contributed by atoms with E-state index >= 15 is 0 Å². The normalized spacial score (nSPS) is 19.8. The summed E-state index contributed by atoms with van der Waals surface area (Å²) >= 11 is 0. The molecule has 0 aliphatic carbocycles. The molecule has 40 heavy (non-hydrogen) atoms. The van der Waals surface area contributed by atoms with Crippen LogP contribution in [0.25, 0.3) is 0 Å². The third-order valence-electron chi connectivity index (χ3n) is 7.09. The number of piperazine rings is 1. The summed E-state index contributed by atoms with van der Waals surface area (Å²) in [5, 5.41) is 2.84. The monoisotopic (exact) mass is 550 g/mol. The van der Waals surface area contributed by atoms with Crippen molar-refractivity contribution in [2.75, 3.05) is 46.4 Å². The van der Waals surface area contributed by atoms with Crippen LogP contribution in [-0.4, -0.2) is 85.1 Å². The van der Waals surface area contributed by atoms with Gasteiger partial charge in [0, 0.05) is 50.0 Å². The highest BCUT2D eigenvalue weighted by Gasteiger charge is 2.39. The van der Waals surface area contributed by atoms with Gasteiger partial charge < -0.3 is 19.7 Å². The summed E-state index contributed by atoms with van der Waals surface area (Å²) in [6.07, 6.45) is 1.58. The maximum Gasteiger partial charge on any atom is 0.338 e. The minimum atomic E-state index is -0.883. The van der Waals surface area contributed by atoms with Crippen LogP contribution in [0.5, 0.6) is 5.75 Å². The molecule has 0 saturated carbocycles. The van der Waals surface area contributed by atoms with Crippen LogP contribution in [0.2, 0.25) is 0 Å². The third kappa shape index (κ3) is 6.17. The highest BCUT2D eigenvalue weighted by Crippen LogP contribution is 2.33. The van der Waals surface area contributed by atoms with Gasteiger partial charge >= 0.3 is 12.0 Å². The first-order valence-electron chi connectivity index (χ1n) is 13.3. The van der Waals surface area contributed by atoms with E-state index in [2.05, 4.69) is 16.8 Å². The molecule has 2 aliphatic rings. The zero-order chi connectivity index (χ0) is 28.8. The molecule has 1 fully saturated rings. The number of rotatable bonds is 9. The second-order valence-corrected chi connectivity index (χ2v) is 9.73. The number of ether oxygens (including phenoxy) is 2. The number of hydrogen-bond donors (Lipinski definition) is 1. The molecule has 0 bridgehead atoms. The Morgan fingerprint density at radius 2 is 1.95 bits per heavy atom. The number of hydrogen-bond acceptors (Lipinski definition) is 6. The molecule has 2 atom stereocenters. The van der Waals surface area contributed by atoms with Crippen LogP contribution in [0.4, 0.5) is 9.18 Å². The van der Waals surface area contributed by atoms with Crippen molar-refractivity contribution < 1.29 is 28.2 Å². The minimum absolute atomic E-state index is 0.0889. The molecule has 2 heterocycles. The summed E-state index contributed by atoms with van der Waals surface area (Å²) < 4.78 is 24.8. The molecule has 1 saturated heterocycles. The van der Waals surface area contributed by atoms with Crippen LogP contribution in [0.3, 0.4) is 0 Å². The smallest absolute Gasteiger partial charge is 0.338 e. The topological polar surface area (TPSA) is 91.4 Å². The van der Waals surface area contributed by atoms with Crippen LogP contribution >= 0.6 is 0 Å². The lowest BCUT2D eigenvalue weighted by Crippen LogP contribution is -2.56. The predicted molar refractivity (Wildman–Crippen MR) is 148 cm³/mol. The Morgan fingerprint density at radius 1 is 1.18 bits per heavy atom. The standard InChI is InChI=1S/C30H35FN4O5/c1-5-13-35-25(26(29(37)40-6-2)27(32-30(35)38)21-9-7-11-23(31)16-21)19-33-14-15-34(20(3)18-33)28(36)22-10-8-12-24(17-22)39-4/h5,7-12,16-17,20,27H,1,6,13-15,18-19H2,2-4H3,(H,32,38). The Balaban J connectivity index is 1.64. The van der Waals surface area contributed by atoms with Crippen molar-refractivity contribution in [1.82, 2.24) is 20.0 Å². The Morgan fingerprint density at radius 3 is 2.62 bits per heavy atom. The molecule has 3 amide bonds. The van der Waals surface area contributed by atoms with Gasteiger partial charge in [0.15, 0.2) is 0 Å². The number of nitrogens with zero attached hydrogens (tertiary/aromatic N) is 3. The SMILES string of the molecule is C=CCN1C(=O)NC(c2cccc(F)c2)C(C(=O)OCC)=C1CN1CCN(C(=O)c2cccc(OC)c2)C(C)C1. The molecule has 10 heteroatoms. The summed E-state index contributed by atoms with van der Waals surface area (Å²) in [6.45, 7) is 9.51. The molecular weight excluding hydrogens is 515 g/mol. The quantitative estimate of drug-likeness (QED) is 0.378. The van der Waals surface area contributed by atoms with Gasteiger partial charge in [0.2, 0.25) is 0 Å². The molecule has 9 nitrogen and oxygen atoms in total. The van der Waals surface area contributed by atoms with Gasteiger partial charge in [-0.1, -0.05) is 24.3 Å². The summed E-state index contributed by atoms with van der Waals surface area (Å²) in [5.41, 5.74) is 1.70. The number of nitrogens with one attached hydrogen (secondary N) is 1. The lowest BCUT2D eigenvalue weighted by molar-refractivity contribution is -0.139. The lowest BCUT2D eigenvalue weighted by Gasteiger charge is -2.43. The third-order valence-corrected chi connectivity index (χ3v) is 7.09. The largest absolute Gasteiger partial charge is 0.497 e. The number of urea groups is 1. The number of halogens is 1. The van der Waals surface area contributed by atoms with Crippen molar-refractivity contribution in [2.45, 2.75) is 25.9 Å². The predicted octanol–water partition coefficient (Wildman–Crippen LogP) is 3.75. The number of carbonyl (C=O) groups excluding carboxylic acids is 3. The van der Waals surface area contributed by atoms with Gasteiger partial charge in [0.1, 0.15) is 11.6 Å². The second-order valence-electron chi connectivity index (χ2n) is 9.73. The van der Waals surface area contributed by atoms with E-state index in [1.165, 1.54) is 23.1 Å². The van der Waals surface area contributed by atoms with Gasteiger partial charge in [-0.05, 0) is 49.7 Å². The molecule has 2 aliphatic heterocycles. The lowest BCUT2D eigenvalue weighted by atomic mass is 9.93. The maximum absolute atomic E-state index is 14.2. The summed E-state index contributed by atoms with van der Waals surface area (Å²) in [5.74, 6) is -0.535. The molecule has 0 radical (unpaired) electrons. The van der Waals surface area contributed by atoms with Gasteiger partial charge in [-0.15, -0.1) is 6.58 Å². The summed E-state index contributed by atoms with van der Waals surface area (Å²) in [4.78, 5) is 45.2. The fourth-order valence-corrected chi connectivity index (χ4v) is 5.19. The molecule has 2 aromatic carbocycles. The van der Waals surface area contributed by atoms with E-state index in [0.29, 0.717) is 42.2 Å². The number of esters is 1. The highest BCUT2D eigenvalue weighted by molar-refractivity contribution is 5.96. The van der Waals surface area contributed by atoms with E-state index in [1.807, 2.05) is 11.8 Å². The van der Waals surface area contributed by atoms with Gasteiger partial charge in [-0.2, -0.15) is 0 Å². The maximum atomic E-state index is 14.2. The fraction of sp³-hybridized carbons (Fsp3) is 0.367. The van der Waals surface area contributed by atoms with Crippen molar-refractivity contribution in [3.8, 4) is 5.75 Å². The van der Waals surface area contributed by atoms with Crippen LogP contribution in [-0.2, 0) is 9.53 Å². The van der Waals surface area contributed by atoms with Crippen molar-refractivity contribution in [2.24, 2.45) is 0 Å². The molecule has 212 valence electrons. The van der Waals surface area contributed by atoms with Crippen molar-refractivity contribution in [3.05, 3.63) is 89.4 Å². The van der Waals surface area contributed by atoms with E-state index in [0.717, 1.165) is 0 Å². The number of benzene rings is 2. The van der Waals surface area contributed by atoms with Gasteiger partial charge in [-0.3, -0.25) is 14.6 Å². The number of amides is 3. The number of carbonyl (C=O) groups is 3. The van der Waals surface area contributed by atoms with Crippen molar-refractivity contribution in [3.63, 3.8) is 0 Å². The molecule has 2 unspecified atom stereocenters. The van der Waals surface area contributed by atoms with Gasteiger partial charge in [0.05, 0.1) is 25.3 Å². The van der Waals surface area contributed by atoms with E-state index in [-0.39, 0.29) is 37.2 Å². The first kappa shape index (κ1) is 28.8. The van der Waals surface area contributed by atoms with Crippen LogP contribution in [0.1, 0.15) is 35.8 Å². The fourth-order valence-electron chi connectivity index (χ4n) is 5.19. The molecule has 2 aromatic rings. The first-order chi connectivity index (χ1) is 19.3. The Bertz CT molecular complexity index is 1310. The second kappa shape index (κ2) is 12.8. The zero-order valence-electron chi connectivity index (χ0n) is 23.1. The van der Waals surface area contributed by atoms with Gasteiger partial charge in [0.25, 0.3) is 5.91 Å². The summed E-state index contributed by atoms with van der Waals surface area (Å²) in [6, 6.07) is 11.4. The van der Waals surface area contributed by atoms with Crippen molar-refractivity contribution >= 4 is 17.9 Å². The van der Waals surface area contributed by atoms with E-state index in [1.54, 1.807) is 50.4 Å². The first-order valence-corrected chi connectivity index (χ1v) is 13.3. The molecule has 4 rings (SSSR count). The van der Waals surface area contributed by atoms with Crippen LogP contribution in [0, 0.1) is 5.82 Å². The molecule has 0 spiro atoms. The van der Waals surface area contributed by atoms with Crippen LogP contribution < -0.4 is 10.1 Å². The Labute approximate surface area is 233 Å². The Hall–Kier alpha value is -4.18. The zero-order valence-corrected chi connectivity index (χ0v) is 23.1. The van der Waals surface area contributed by atoms with Crippen LogP contribution in [0.15, 0.2) is 72.5 Å². The summed E-state index contributed by atoms with van der Waals surface area (Å²) in [7, 11) is 1.56. The Kier molecular flexibility index (Phi) is 9.21. The number of methoxy groups -OCH3 is 1. The van der Waals surface area contributed by atoms with E-state index in [4.69, 9.17) is 9.47 Å². The average Bonchev–Trinajstić information content (AvgIpc) is 2.94. The minimum Gasteiger partial charge on any atom is -0.497 e. The molecule has 0 aromatic heterocycles.